The second kappa shape index (κ2) is 5.04. The van der Waals surface area contributed by atoms with E-state index >= 15 is 0 Å². The van der Waals surface area contributed by atoms with E-state index in [4.69, 9.17) is 11.6 Å². The fraction of sp³-hybridized carbons (Fsp3) is 0.417. The van der Waals surface area contributed by atoms with Crippen LogP contribution < -0.4 is 5.32 Å². The number of rotatable bonds is 3. The van der Waals surface area contributed by atoms with Crippen LogP contribution in [0.3, 0.4) is 0 Å². The number of nitrogens with zero attached hydrogens (tertiary/aromatic N) is 1. The number of thiazole rings is 1. The van der Waals surface area contributed by atoms with Crippen LogP contribution in [0.15, 0.2) is 18.2 Å². The van der Waals surface area contributed by atoms with Gasteiger partial charge in [0.2, 0.25) is 0 Å². The maximum absolute atomic E-state index is 5.95. The molecule has 0 saturated carbocycles. The van der Waals surface area contributed by atoms with Gasteiger partial charge < -0.3 is 5.32 Å². The lowest BCUT2D eigenvalue weighted by Crippen LogP contribution is -2.13. The van der Waals surface area contributed by atoms with Gasteiger partial charge in [0, 0.05) is 11.6 Å². The number of benzene rings is 1. The molecule has 1 aromatic heterocycles. The van der Waals surface area contributed by atoms with Crippen LogP contribution in [-0.2, 0) is 0 Å². The van der Waals surface area contributed by atoms with Crippen molar-refractivity contribution in [2.24, 2.45) is 5.92 Å². The Morgan fingerprint density at radius 3 is 3.24 bits per heavy atom. The lowest BCUT2D eigenvalue weighted by Gasteiger charge is -2.07. The molecule has 1 unspecified atom stereocenters. The Balaban J connectivity index is 1.72. The minimum absolute atomic E-state index is 0.751. The van der Waals surface area contributed by atoms with Crippen LogP contribution in [0.5, 0.6) is 0 Å². The third-order valence-electron chi connectivity index (χ3n) is 2.92. The topological polar surface area (TPSA) is 24.9 Å². The van der Waals surface area contributed by atoms with Gasteiger partial charge in [-0.05, 0) is 42.0 Å². The predicted octanol–water partition coefficient (Wildman–Crippen LogP) is 4.11. The van der Waals surface area contributed by atoms with Crippen LogP contribution in [0, 0.1) is 5.92 Å². The first kappa shape index (κ1) is 11.6. The first-order valence-corrected chi connectivity index (χ1v) is 8.04. The van der Waals surface area contributed by atoms with Crippen molar-refractivity contribution in [3.8, 4) is 0 Å². The molecular formula is C12H13ClN2S2. The first-order valence-electron chi connectivity index (χ1n) is 5.69. The number of hydrogen-bond acceptors (Lipinski definition) is 4. The Bertz CT molecular complexity index is 520. The number of hydrogen-bond donors (Lipinski definition) is 1. The van der Waals surface area contributed by atoms with Gasteiger partial charge in [0.1, 0.15) is 0 Å². The summed E-state index contributed by atoms with van der Waals surface area (Å²) in [6.45, 7) is 1.04. The smallest absolute Gasteiger partial charge is 0.183 e. The highest BCUT2D eigenvalue weighted by Gasteiger charge is 2.15. The minimum atomic E-state index is 0.751. The van der Waals surface area contributed by atoms with Crippen molar-refractivity contribution in [3.05, 3.63) is 23.2 Å². The summed E-state index contributed by atoms with van der Waals surface area (Å²) in [6.07, 6.45) is 1.33. The molecule has 0 aliphatic carbocycles. The van der Waals surface area contributed by atoms with Gasteiger partial charge >= 0.3 is 0 Å². The van der Waals surface area contributed by atoms with Crippen molar-refractivity contribution >= 4 is 50.0 Å². The number of thioether (sulfide) groups is 1. The molecule has 0 spiro atoms. The van der Waals surface area contributed by atoms with E-state index in [9.17, 15) is 0 Å². The maximum atomic E-state index is 5.95. The van der Waals surface area contributed by atoms with Crippen LogP contribution in [0.2, 0.25) is 5.02 Å². The first-order chi connectivity index (χ1) is 8.31. The molecule has 1 aromatic carbocycles. The summed E-state index contributed by atoms with van der Waals surface area (Å²) in [6, 6.07) is 5.87. The van der Waals surface area contributed by atoms with Gasteiger partial charge in [0.25, 0.3) is 0 Å². The molecule has 3 rings (SSSR count). The molecule has 1 aliphatic rings. The van der Waals surface area contributed by atoms with Crippen LogP contribution in [-0.4, -0.2) is 23.0 Å². The van der Waals surface area contributed by atoms with Gasteiger partial charge in [0.05, 0.1) is 10.2 Å². The Hall–Kier alpha value is -0.450. The highest BCUT2D eigenvalue weighted by atomic mass is 35.5. The van der Waals surface area contributed by atoms with E-state index in [0.29, 0.717) is 0 Å². The molecule has 90 valence electrons. The van der Waals surface area contributed by atoms with E-state index in [2.05, 4.69) is 10.3 Å². The predicted molar refractivity (Wildman–Crippen MR) is 78.6 cm³/mol. The average molecular weight is 285 g/mol. The summed E-state index contributed by atoms with van der Waals surface area (Å²) in [7, 11) is 0. The van der Waals surface area contributed by atoms with Gasteiger partial charge in [-0.1, -0.05) is 22.9 Å². The quantitative estimate of drug-likeness (QED) is 0.918. The van der Waals surface area contributed by atoms with Crippen LogP contribution in [0.25, 0.3) is 10.2 Å². The standard InChI is InChI=1S/C12H13ClN2S2/c13-9-1-2-11-10(5-9)15-12(17-11)14-6-8-3-4-16-7-8/h1-2,5,8H,3-4,6-7H2,(H,14,15). The fourth-order valence-electron chi connectivity index (χ4n) is 1.95. The summed E-state index contributed by atoms with van der Waals surface area (Å²) in [5.41, 5.74) is 0.991. The molecule has 1 atom stereocenters. The lowest BCUT2D eigenvalue weighted by atomic mass is 10.1. The number of halogens is 1. The SMILES string of the molecule is Clc1ccc2sc(NCC3CCSC3)nc2c1. The zero-order chi connectivity index (χ0) is 11.7. The van der Waals surface area contributed by atoms with Crippen molar-refractivity contribution in [3.63, 3.8) is 0 Å². The summed E-state index contributed by atoms with van der Waals surface area (Å²) < 4.78 is 1.19. The van der Waals surface area contributed by atoms with E-state index in [1.807, 2.05) is 30.0 Å². The average Bonchev–Trinajstić information content (AvgIpc) is 2.94. The Morgan fingerprint density at radius 2 is 2.41 bits per heavy atom. The molecule has 1 saturated heterocycles. The Morgan fingerprint density at radius 1 is 1.47 bits per heavy atom. The van der Waals surface area contributed by atoms with E-state index in [1.165, 1.54) is 22.6 Å². The van der Waals surface area contributed by atoms with Gasteiger partial charge in [-0.15, -0.1) is 0 Å². The van der Waals surface area contributed by atoms with Crippen LogP contribution in [0.1, 0.15) is 6.42 Å². The monoisotopic (exact) mass is 284 g/mol. The van der Waals surface area contributed by atoms with Crippen molar-refractivity contribution < 1.29 is 0 Å². The minimum Gasteiger partial charge on any atom is -0.361 e. The third kappa shape index (κ3) is 2.69. The van der Waals surface area contributed by atoms with Crippen molar-refractivity contribution in [2.45, 2.75) is 6.42 Å². The van der Waals surface area contributed by atoms with Crippen molar-refractivity contribution in [1.29, 1.82) is 0 Å². The molecule has 1 aliphatic heterocycles. The Kier molecular flexibility index (Phi) is 3.45. The molecule has 0 radical (unpaired) electrons. The van der Waals surface area contributed by atoms with Crippen LogP contribution >= 0.6 is 34.7 Å². The van der Waals surface area contributed by atoms with Crippen molar-refractivity contribution in [1.82, 2.24) is 4.98 Å². The largest absolute Gasteiger partial charge is 0.361 e. The molecule has 0 bridgehead atoms. The summed E-state index contributed by atoms with van der Waals surface area (Å²) >= 11 is 9.70. The summed E-state index contributed by atoms with van der Waals surface area (Å²) in [5.74, 6) is 3.39. The molecule has 1 N–H and O–H groups in total. The molecule has 0 amide bonds. The Labute approximate surface area is 114 Å². The fourth-order valence-corrected chi connectivity index (χ4v) is 4.26. The number of fused-ring (bicyclic) bond motifs is 1. The van der Waals surface area contributed by atoms with E-state index in [0.717, 1.165) is 28.1 Å². The van der Waals surface area contributed by atoms with E-state index < -0.39 is 0 Å². The van der Waals surface area contributed by atoms with Gasteiger partial charge in [-0.2, -0.15) is 11.8 Å². The molecule has 2 nitrogen and oxygen atoms in total. The van der Waals surface area contributed by atoms with E-state index in [-0.39, 0.29) is 0 Å². The van der Waals surface area contributed by atoms with Gasteiger partial charge in [-0.25, -0.2) is 4.98 Å². The zero-order valence-electron chi connectivity index (χ0n) is 9.28. The highest BCUT2D eigenvalue weighted by Crippen LogP contribution is 2.29. The summed E-state index contributed by atoms with van der Waals surface area (Å²) in [4.78, 5) is 4.55. The third-order valence-corrected chi connectivity index (χ3v) is 5.38. The highest BCUT2D eigenvalue weighted by molar-refractivity contribution is 7.99. The molecular weight excluding hydrogens is 272 g/mol. The van der Waals surface area contributed by atoms with Crippen LogP contribution in [0.4, 0.5) is 5.13 Å². The molecule has 2 aromatic rings. The normalized spacial score (nSPS) is 19.9. The lowest BCUT2D eigenvalue weighted by molar-refractivity contribution is 0.631. The van der Waals surface area contributed by atoms with Crippen molar-refractivity contribution in [2.75, 3.05) is 23.4 Å². The summed E-state index contributed by atoms with van der Waals surface area (Å²) in [5, 5.41) is 5.21. The number of aromatic nitrogens is 1. The maximum Gasteiger partial charge on any atom is 0.183 e. The molecule has 1 fully saturated rings. The number of nitrogens with one attached hydrogen (secondary N) is 1. The van der Waals surface area contributed by atoms with Gasteiger partial charge in [0.15, 0.2) is 5.13 Å². The molecule has 17 heavy (non-hydrogen) atoms. The second-order valence-corrected chi connectivity index (χ2v) is 6.86. The van der Waals surface area contributed by atoms with E-state index in [1.54, 1.807) is 11.3 Å². The second-order valence-electron chi connectivity index (χ2n) is 4.24. The molecule has 2 heterocycles. The number of anilines is 1. The zero-order valence-corrected chi connectivity index (χ0v) is 11.7. The molecule has 5 heteroatoms. The van der Waals surface area contributed by atoms with Gasteiger partial charge in [-0.3, -0.25) is 0 Å².